The number of rotatable bonds is 1. The van der Waals surface area contributed by atoms with Gasteiger partial charge in [0.05, 0.1) is 0 Å². The Morgan fingerprint density at radius 1 is 1.10 bits per heavy atom. The Hall–Kier alpha value is -2.08. The van der Waals surface area contributed by atoms with Crippen molar-refractivity contribution in [2.24, 2.45) is 5.92 Å². The molecule has 0 fully saturated rings. The third-order valence-corrected chi connectivity index (χ3v) is 4.87. The molecule has 0 amide bonds. The maximum absolute atomic E-state index is 2.35. The van der Waals surface area contributed by atoms with Crippen LogP contribution in [0.4, 0.5) is 0 Å². The third kappa shape index (κ3) is 1.90. The van der Waals surface area contributed by atoms with Gasteiger partial charge in [0, 0.05) is 5.92 Å². The van der Waals surface area contributed by atoms with E-state index in [2.05, 4.69) is 68.5 Å². The second kappa shape index (κ2) is 4.73. The fourth-order valence-electron chi connectivity index (χ4n) is 3.88. The van der Waals surface area contributed by atoms with Crippen molar-refractivity contribution in [3.8, 4) is 0 Å². The smallest absolute Gasteiger partial charge is 0.0275 e. The molecule has 1 atom stereocenters. The Kier molecular flexibility index (Phi) is 2.85. The lowest BCUT2D eigenvalue weighted by Gasteiger charge is -2.27. The summed E-state index contributed by atoms with van der Waals surface area (Å²) < 4.78 is 0. The lowest BCUT2D eigenvalue weighted by molar-refractivity contribution is 0.797. The van der Waals surface area contributed by atoms with Crippen molar-refractivity contribution in [1.29, 1.82) is 0 Å². The summed E-state index contributed by atoms with van der Waals surface area (Å²) in [4.78, 5) is 0. The van der Waals surface area contributed by atoms with Gasteiger partial charge in [-0.05, 0) is 54.5 Å². The second-order valence-corrected chi connectivity index (χ2v) is 6.37. The predicted molar refractivity (Wildman–Crippen MR) is 89.9 cm³/mol. The van der Waals surface area contributed by atoms with Gasteiger partial charge in [0.25, 0.3) is 0 Å². The monoisotopic (exact) mass is 272 g/mol. The summed E-state index contributed by atoms with van der Waals surface area (Å²) in [5.41, 5.74) is 10.5. The Morgan fingerprint density at radius 3 is 2.71 bits per heavy atom. The molecule has 0 heterocycles. The summed E-state index contributed by atoms with van der Waals surface area (Å²) in [6, 6.07) is 8.87. The highest BCUT2D eigenvalue weighted by Gasteiger charge is 2.32. The van der Waals surface area contributed by atoms with E-state index in [1.165, 1.54) is 27.8 Å². The number of hydrogen-bond acceptors (Lipinski definition) is 0. The molecule has 3 aliphatic carbocycles. The first-order valence-electron chi connectivity index (χ1n) is 7.78. The third-order valence-electron chi connectivity index (χ3n) is 4.87. The molecule has 4 rings (SSSR count). The summed E-state index contributed by atoms with van der Waals surface area (Å²) in [6.45, 7) is 4.48. The van der Waals surface area contributed by atoms with Crippen LogP contribution in [0.1, 0.15) is 31.4 Å². The summed E-state index contributed by atoms with van der Waals surface area (Å²) in [6.07, 6.45) is 13.7. The molecule has 0 spiro atoms. The van der Waals surface area contributed by atoms with Crippen molar-refractivity contribution in [2.75, 3.05) is 0 Å². The van der Waals surface area contributed by atoms with Gasteiger partial charge in [0.15, 0.2) is 0 Å². The van der Waals surface area contributed by atoms with Crippen LogP contribution >= 0.6 is 0 Å². The number of benzene rings is 1. The molecule has 104 valence electrons. The average molecular weight is 272 g/mol. The highest BCUT2D eigenvalue weighted by Crippen LogP contribution is 2.47. The zero-order valence-electron chi connectivity index (χ0n) is 12.7. The van der Waals surface area contributed by atoms with Gasteiger partial charge in [-0.1, -0.05) is 65.8 Å². The van der Waals surface area contributed by atoms with Crippen molar-refractivity contribution in [1.82, 2.24) is 0 Å². The van der Waals surface area contributed by atoms with Crippen molar-refractivity contribution in [3.05, 3.63) is 88.1 Å². The Labute approximate surface area is 126 Å². The van der Waals surface area contributed by atoms with E-state index in [0.29, 0.717) is 5.92 Å². The summed E-state index contributed by atoms with van der Waals surface area (Å²) in [7, 11) is 0. The Bertz CT molecular complexity index is 759. The van der Waals surface area contributed by atoms with Crippen molar-refractivity contribution in [3.63, 3.8) is 0 Å². The van der Waals surface area contributed by atoms with Gasteiger partial charge in [-0.3, -0.25) is 0 Å². The molecule has 0 saturated heterocycles. The van der Waals surface area contributed by atoms with Crippen LogP contribution in [-0.2, 0) is 6.42 Å². The zero-order valence-corrected chi connectivity index (χ0v) is 12.7. The molecule has 1 aromatic rings. The quantitative estimate of drug-likeness (QED) is 0.641. The maximum Gasteiger partial charge on any atom is 0.0275 e. The molecule has 0 aliphatic heterocycles. The number of hydrogen-bond donors (Lipinski definition) is 0. The van der Waals surface area contributed by atoms with Crippen LogP contribution in [0.5, 0.6) is 0 Å². The highest BCUT2D eigenvalue weighted by atomic mass is 14.4. The first-order valence-corrected chi connectivity index (χ1v) is 7.78. The van der Waals surface area contributed by atoms with E-state index in [4.69, 9.17) is 0 Å². The van der Waals surface area contributed by atoms with Gasteiger partial charge in [-0.25, -0.2) is 0 Å². The van der Waals surface area contributed by atoms with Gasteiger partial charge >= 0.3 is 0 Å². The van der Waals surface area contributed by atoms with Crippen LogP contribution < -0.4 is 0 Å². The molecular formula is C21H20. The molecule has 3 aliphatic rings. The zero-order chi connectivity index (χ0) is 14.4. The maximum atomic E-state index is 2.35. The van der Waals surface area contributed by atoms with Gasteiger partial charge in [0.1, 0.15) is 0 Å². The average Bonchev–Trinajstić information content (AvgIpc) is 3.13. The minimum Gasteiger partial charge on any atom is -0.0804 e. The lowest BCUT2D eigenvalue weighted by atomic mass is 9.76. The van der Waals surface area contributed by atoms with E-state index in [0.717, 1.165) is 12.8 Å². The summed E-state index contributed by atoms with van der Waals surface area (Å²) in [5, 5.41) is 0. The molecule has 0 nitrogen and oxygen atoms in total. The van der Waals surface area contributed by atoms with E-state index in [9.17, 15) is 0 Å². The van der Waals surface area contributed by atoms with E-state index in [1.807, 2.05) is 0 Å². The van der Waals surface area contributed by atoms with Crippen molar-refractivity contribution < 1.29 is 0 Å². The van der Waals surface area contributed by atoms with Crippen LogP contribution in [0.2, 0.25) is 0 Å². The highest BCUT2D eigenvalue weighted by molar-refractivity contribution is 5.86. The number of allylic oxidation sites excluding steroid dienone is 10. The molecule has 0 radical (unpaired) electrons. The van der Waals surface area contributed by atoms with E-state index < -0.39 is 0 Å². The first-order chi connectivity index (χ1) is 10.3. The molecular weight excluding hydrogens is 252 g/mol. The fraction of sp³-hybridized carbons (Fsp3) is 0.238. The topological polar surface area (TPSA) is 0 Å². The molecule has 0 bridgehead atoms. The van der Waals surface area contributed by atoms with Crippen LogP contribution in [0.3, 0.4) is 0 Å². The first kappa shape index (κ1) is 12.6. The largest absolute Gasteiger partial charge is 0.0804 e. The van der Waals surface area contributed by atoms with Gasteiger partial charge in [-0.2, -0.15) is 0 Å². The molecule has 0 heteroatoms. The minimum atomic E-state index is 0.484. The fourth-order valence-corrected chi connectivity index (χ4v) is 3.88. The van der Waals surface area contributed by atoms with Crippen LogP contribution in [0.15, 0.2) is 76.9 Å². The van der Waals surface area contributed by atoms with Crippen molar-refractivity contribution >= 4 is 5.57 Å². The normalized spacial score (nSPS) is 22.5. The van der Waals surface area contributed by atoms with E-state index in [-0.39, 0.29) is 0 Å². The molecule has 1 unspecified atom stereocenters. The van der Waals surface area contributed by atoms with Gasteiger partial charge in [-0.15, -0.1) is 0 Å². The second-order valence-electron chi connectivity index (χ2n) is 6.37. The predicted octanol–water partition coefficient (Wildman–Crippen LogP) is 5.41. The molecule has 0 aromatic heterocycles. The van der Waals surface area contributed by atoms with E-state index >= 15 is 0 Å². The molecule has 21 heavy (non-hydrogen) atoms. The van der Waals surface area contributed by atoms with Crippen molar-refractivity contribution in [2.45, 2.75) is 26.7 Å². The van der Waals surface area contributed by atoms with E-state index in [1.54, 1.807) is 11.1 Å². The minimum absolute atomic E-state index is 0.484. The van der Waals surface area contributed by atoms with Crippen LogP contribution in [-0.4, -0.2) is 0 Å². The SMILES string of the molecule is CC(C)=C1C=CC2=C(Cc3ccccc32)C1C1=CC=CC1. The number of fused-ring (bicyclic) bond motifs is 2. The van der Waals surface area contributed by atoms with Gasteiger partial charge < -0.3 is 0 Å². The summed E-state index contributed by atoms with van der Waals surface area (Å²) >= 11 is 0. The molecule has 0 N–H and O–H groups in total. The Balaban J connectivity index is 1.87. The summed E-state index contributed by atoms with van der Waals surface area (Å²) in [5.74, 6) is 0.484. The van der Waals surface area contributed by atoms with Crippen LogP contribution in [0, 0.1) is 5.92 Å². The lowest BCUT2D eigenvalue weighted by Crippen LogP contribution is -2.14. The van der Waals surface area contributed by atoms with Crippen LogP contribution in [0.25, 0.3) is 5.57 Å². The van der Waals surface area contributed by atoms with Gasteiger partial charge in [0.2, 0.25) is 0 Å². The Morgan fingerprint density at radius 2 is 1.95 bits per heavy atom. The standard InChI is InChI=1S/C21H20/c1-14(2)17-11-12-19-18-10-6-5-9-16(18)13-20(19)21(17)15-7-3-4-8-15/h3-7,9-12,21H,8,13H2,1-2H3. The molecule has 1 aromatic carbocycles. The molecule has 0 saturated carbocycles.